The third-order valence-electron chi connectivity index (χ3n) is 2.38. The van der Waals surface area contributed by atoms with E-state index in [1.54, 1.807) is 24.3 Å². The molecule has 2 aromatic carbocycles. The van der Waals surface area contributed by atoms with Crippen LogP contribution in [0.5, 0.6) is 0 Å². The molecule has 0 aromatic heterocycles. The van der Waals surface area contributed by atoms with Crippen LogP contribution in [0.15, 0.2) is 52.3 Å². The number of benzene rings is 2. The number of para-hydroxylation sites is 1. The third kappa shape index (κ3) is 3.01. The van der Waals surface area contributed by atoms with Gasteiger partial charge in [0.25, 0.3) is 0 Å². The Morgan fingerprint density at radius 1 is 1.21 bits per heavy atom. The first-order valence-corrected chi connectivity index (χ1v) is 6.11. The Morgan fingerprint density at radius 3 is 2.47 bits per heavy atom. The molecule has 0 atom stereocenters. The summed E-state index contributed by atoms with van der Waals surface area (Å²) in [4.78, 5) is 11.7. The van der Waals surface area contributed by atoms with E-state index in [0.717, 1.165) is 0 Å². The Morgan fingerprint density at radius 2 is 1.89 bits per heavy atom. The van der Waals surface area contributed by atoms with Crippen LogP contribution in [-0.2, 0) is 0 Å². The monoisotopic (exact) mass is 279 g/mol. The van der Waals surface area contributed by atoms with Crippen molar-refractivity contribution >= 4 is 23.1 Å². The van der Waals surface area contributed by atoms with Gasteiger partial charge in [0, 0.05) is 4.90 Å². The fourth-order valence-corrected chi connectivity index (χ4v) is 2.49. The Bertz CT molecular complexity index is 604. The van der Waals surface area contributed by atoms with E-state index in [4.69, 9.17) is 5.84 Å². The summed E-state index contributed by atoms with van der Waals surface area (Å²) in [6, 6.07) is 10.5. The summed E-state index contributed by atoms with van der Waals surface area (Å²) in [6.45, 7) is 0. The van der Waals surface area contributed by atoms with Crippen molar-refractivity contribution in [3.05, 3.63) is 58.4 Å². The minimum Gasteiger partial charge on any atom is -0.318 e. The number of anilines is 1. The molecule has 0 unspecified atom stereocenters. The number of nitrogens with one attached hydrogen (secondary N) is 1. The number of nitrogens with two attached hydrogens (primary N) is 1. The number of hydrogen-bond donors (Lipinski definition) is 2. The lowest BCUT2D eigenvalue weighted by atomic mass is 10.3. The fraction of sp³-hybridized carbons (Fsp3) is 0. The number of nitro benzene ring substituents is 1. The molecule has 0 spiro atoms. The highest BCUT2D eigenvalue weighted by atomic mass is 32.2. The van der Waals surface area contributed by atoms with Crippen molar-refractivity contribution in [2.45, 2.75) is 9.79 Å². The molecule has 0 saturated heterocycles. The number of rotatable bonds is 4. The molecule has 0 radical (unpaired) electrons. The van der Waals surface area contributed by atoms with Crippen LogP contribution >= 0.6 is 11.8 Å². The Kier molecular flexibility index (Phi) is 3.98. The first-order chi connectivity index (χ1) is 9.11. The smallest absolute Gasteiger partial charge is 0.307 e. The second kappa shape index (κ2) is 5.68. The van der Waals surface area contributed by atoms with Crippen molar-refractivity contribution in [3.8, 4) is 0 Å². The lowest BCUT2D eigenvalue weighted by Gasteiger charge is -2.07. The van der Waals surface area contributed by atoms with Crippen LogP contribution in [0.4, 0.5) is 15.8 Å². The molecule has 0 bridgehead atoms. The van der Waals surface area contributed by atoms with Crippen LogP contribution in [0, 0.1) is 15.9 Å². The van der Waals surface area contributed by atoms with Crippen molar-refractivity contribution in [1.82, 2.24) is 0 Å². The van der Waals surface area contributed by atoms with E-state index in [1.807, 2.05) is 0 Å². The minimum atomic E-state index is -0.499. The number of nitro groups is 1. The number of nitrogens with zero attached hydrogens (tertiary/aromatic N) is 1. The molecule has 0 aliphatic heterocycles. The zero-order chi connectivity index (χ0) is 13.8. The summed E-state index contributed by atoms with van der Waals surface area (Å²) in [7, 11) is 0. The van der Waals surface area contributed by atoms with E-state index in [2.05, 4.69) is 5.43 Å². The van der Waals surface area contributed by atoms with E-state index in [-0.39, 0.29) is 17.2 Å². The van der Waals surface area contributed by atoms with Gasteiger partial charge < -0.3 is 5.43 Å². The summed E-state index contributed by atoms with van der Waals surface area (Å²) >= 11 is 1.18. The second-order valence-corrected chi connectivity index (χ2v) is 4.73. The third-order valence-corrected chi connectivity index (χ3v) is 3.44. The molecular weight excluding hydrogens is 269 g/mol. The van der Waals surface area contributed by atoms with Gasteiger partial charge in [-0.1, -0.05) is 17.8 Å². The van der Waals surface area contributed by atoms with E-state index < -0.39 is 4.92 Å². The molecule has 0 heterocycles. The summed E-state index contributed by atoms with van der Waals surface area (Å²) in [5.74, 6) is 4.91. The van der Waals surface area contributed by atoms with Gasteiger partial charge in [0.15, 0.2) is 0 Å². The maximum atomic E-state index is 12.8. The van der Waals surface area contributed by atoms with Crippen molar-refractivity contribution in [2.24, 2.45) is 5.84 Å². The lowest BCUT2D eigenvalue weighted by molar-refractivity contribution is -0.386. The zero-order valence-corrected chi connectivity index (χ0v) is 10.5. The first kappa shape index (κ1) is 13.3. The molecule has 98 valence electrons. The molecule has 2 rings (SSSR count). The molecule has 0 fully saturated rings. The molecular formula is C12H10FN3O2S. The molecule has 7 heteroatoms. The Labute approximate surface area is 112 Å². The van der Waals surface area contributed by atoms with Gasteiger partial charge in [-0.15, -0.1) is 0 Å². The van der Waals surface area contributed by atoms with Gasteiger partial charge >= 0.3 is 5.69 Å². The highest BCUT2D eigenvalue weighted by Gasteiger charge is 2.19. The number of halogens is 1. The normalized spacial score (nSPS) is 10.2. The standard InChI is InChI=1S/C12H10FN3O2S/c13-8-4-6-9(7-5-8)19-11-3-1-2-10(15-14)12(11)16(17)18/h1-7,15H,14H2. The summed E-state index contributed by atoms with van der Waals surface area (Å²) in [6.07, 6.45) is 0. The van der Waals surface area contributed by atoms with Crippen LogP contribution in [0.1, 0.15) is 0 Å². The van der Waals surface area contributed by atoms with Gasteiger partial charge in [-0.05, 0) is 36.4 Å². The van der Waals surface area contributed by atoms with E-state index in [9.17, 15) is 14.5 Å². The number of hydrazine groups is 1. The zero-order valence-electron chi connectivity index (χ0n) is 9.67. The summed E-state index contributed by atoms with van der Waals surface area (Å²) < 4.78 is 12.8. The van der Waals surface area contributed by atoms with Gasteiger partial charge in [-0.3, -0.25) is 16.0 Å². The van der Waals surface area contributed by atoms with E-state index in [0.29, 0.717) is 9.79 Å². The van der Waals surface area contributed by atoms with Crippen LogP contribution in [0.2, 0.25) is 0 Å². The minimum absolute atomic E-state index is 0.0978. The molecule has 0 amide bonds. The van der Waals surface area contributed by atoms with Crippen molar-refractivity contribution in [2.75, 3.05) is 5.43 Å². The van der Waals surface area contributed by atoms with Gasteiger partial charge in [0.05, 0.1) is 9.82 Å². The van der Waals surface area contributed by atoms with Crippen LogP contribution in [0.25, 0.3) is 0 Å². The van der Waals surface area contributed by atoms with Gasteiger partial charge in [0.2, 0.25) is 0 Å². The SMILES string of the molecule is NNc1cccc(Sc2ccc(F)cc2)c1[N+](=O)[O-]. The molecule has 19 heavy (non-hydrogen) atoms. The fourth-order valence-electron chi connectivity index (χ4n) is 1.54. The Balaban J connectivity index is 2.39. The van der Waals surface area contributed by atoms with Crippen molar-refractivity contribution in [1.29, 1.82) is 0 Å². The quantitative estimate of drug-likeness (QED) is 0.510. The summed E-state index contributed by atoms with van der Waals surface area (Å²) in [5.41, 5.74) is 2.43. The van der Waals surface area contributed by atoms with E-state index in [1.165, 1.54) is 30.0 Å². The van der Waals surface area contributed by atoms with Crippen molar-refractivity contribution in [3.63, 3.8) is 0 Å². The topological polar surface area (TPSA) is 81.2 Å². The van der Waals surface area contributed by atoms with Gasteiger partial charge in [0.1, 0.15) is 11.5 Å². The van der Waals surface area contributed by atoms with Crippen LogP contribution in [-0.4, -0.2) is 4.92 Å². The molecule has 0 aliphatic rings. The van der Waals surface area contributed by atoms with Crippen LogP contribution < -0.4 is 11.3 Å². The maximum Gasteiger partial charge on any atom is 0.307 e. The Hall–Kier alpha value is -2.12. The number of hydrogen-bond acceptors (Lipinski definition) is 5. The highest BCUT2D eigenvalue weighted by molar-refractivity contribution is 7.99. The molecule has 0 saturated carbocycles. The average Bonchev–Trinajstić information content (AvgIpc) is 2.40. The molecule has 5 nitrogen and oxygen atoms in total. The highest BCUT2D eigenvalue weighted by Crippen LogP contribution is 2.38. The second-order valence-electron chi connectivity index (χ2n) is 3.61. The predicted octanol–water partition coefficient (Wildman–Crippen LogP) is 3.17. The maximum absolute atomic E-state index is 12.8. The van der Waals surface area contributed by atoms with E-state index >= 15 is 0 Å². The molecule has 3 N–H and O–H groups in total. The average molecular weight is 279 g/mol. The van der Waals surface area contributed by atoms with Crippen molar-refractivity contribution < 1.29 is 9.31 Å². The summed E-state index contributed by atoms with van der Waals surface area (Å²) in [5, 5.41) is 11.1. The lowest BCUT2D eigenvalue weighted by Crippen LogP contribution is -2.09. The molecule has 0 aliphatic carbocycles. The van der Waals surface area contributed by atoms with Crippen LogP contribution in [0.3, 0.4) is 0 Å². The van der Waals surface area contributed by atoms with Gasteiger partial charge in [-0.2, -0.15) is 0 Å². The largest absolute Gasteiger partial charge is 0.318 e. The first-order valence-electron chi connectivity index (χ1n) is 5.29. The number of nitrogen functional groups attached to an aromatic ring is 1. The predicted molar refractivity (Wildman–Crippen MR) is 71.4 cm³/mol. The molecule has 2 aromatic rings. The van der Waals surface area contributed by atoms with Gasteiger partial charge in [-0.25, -0.2) is 4.39 Å².